The lowest BCUT2D eigenvalue weighted by atomic mass is 9.91. The van der Waals surface area contributed by atoms with Crippen LogP contribution in [0.1, 0.15) is 43.6 Å². The summed E-state index contributed by atoms with van der Waals surface area (Å²) in [6.45, 7) is 2.24. The fourth-order valence-corrected chi connectivity index (χ4v) is 6.21. The Kier molecular flexibility index (Phi) is 7.04. The molecule has 0 aliphatic carbocycles. The molecule has 0 saturated carbocycles. The Morgan fingerprint density at radius 3 is 2.23 bits per heavy atom. The van der Waals surface area contributed by atoms with Gasteiger partial charge in [-0.1, -0.05) is 36.4 Å². The number of ether oxygens (including phenoxy) is 1. The molecule has 234 valence electrons. The predicted octanol–water partition coefficient (Wildman–Crippen LogP) is 7.58. The summed E-state index contributed by atoms with van der Waals surface area (Å²) < 4.78 is 47.6. The summed E-state index contributed by atoms with van der Waals surface area (Å²) in [6, 6.07) is 24.6. The molecular weight excluding hydrogens is 611 g/mol. The molecule has 1 aliphatic heterocycles. The third-order valence-electron chi connectivity index (χ3n) is 8.27. The van der Waals surface area contributed by atoms with Crippen LogP contribution in [0, 0.1) is 0 Å². The molecule has 1 aliphatic rings. The summed E-state index contributed by atoms with van der Waals surface area (Å²) in [6.07, 6.45) is -4.67. The molecule has 6 aromatic rings. The largest absolute Gasteiger partial charge is 0.452 e. The monoisotopic (exact) mass is 635 g/mol. The van der Waals surface area contributed by atoms with Crippen molar-refractivity contribution in [2.45, 2.75) is 19.6 Å². The van der Waals surface area contributed by atoms with Crippen LogP contribution in [0.4, 0.5) is 24.5 Å². The Morgan fingerprint density at radius 2 is 1.47 bits per heavy atom. The van der Waals surface area contributed by atoms with Crippen LogP contribution in [-0.4, -0.2) is 34.9 Å². The minimum atomic E-state index is -4.67. The molecule has 0 radical (unpaired) electrons. The molecule has 0 atom stereocenters. The minimum absolute atomic E-state index is 0.0142. The Bertz CT molecular complexity index is 2290. The quantitative estimate of drug-likeness (QED) is 0.150. The lowest BCUT2D eigenvalue weighted by Crippen LogP contribution is -2.40. The van der Waals surface area contributed by atoms with E-state index in [1.54, 1.807) is 6.07 Å². The van der Waals surface area contributed by atoms with Gasteiger partial charge >= 0.3 is 12.1 Å². The normalized spacial score (nSPS) is 13.1. The standard InChI is InChI=1S/C36H24F3N3O5/c1-2-41-29-12-4-3-9-23(29)28-18-21(13-16-30(28)41)40-31(43)19-47-35(46)25-14-15-27-32-24(25)10-6-11-26(32)33(44)42(34(27)45)22-8-5-7-20(17-22)36(37,38)39/h3-18H,2,19H2,1H3,(H,40,43). The molecule has 1 N–H and O–H groups in total. The van der Waals surface area contributed by atoms with E-state index >= 15 is 0 Å². The highest BCUT2D eigenvalue weighted by Gasteiger charge is 2.37. The molecule has 3 amide bonds. The van der Waals surface area contributed by atoms with Crippen molar-refractivity contribution in [3.63, 3.8) is 0 Å². The van der Waals surface area contributed by atoms with Gasteiger partial charge in [-0.15, -0.1) is 0 Å². The van der Waals surface area contributed by atoms with E-state index in [1.807, 2.05) is 36.4 Å². The van der Waals surface area contributed by atoms with E-state index in [9.17, 15) is 32.3 Å². The molecule has 0 unspecified atom stereocenters. The average molecular weight is 636 g/mol. The molecule has 8 nitrogen and oxygen atoms in total. The Morgan fingerprint density at radius 1 is 0.766 bits per heavy atom. The number of aryl methyl sites for hydroxylation is 1. The van der Waals surface area contributed by atoms with Gasteiger partial charge in [0.25, 0.3) is 17.7 Å². The van der Waals surface area contributed by atoms with Crippen LogP contribution in [0.25, 0.3) is 32.6 Å². The van der Waals surface area contributed by atoms with Crippen LogP contribution in [-0.2, 0) is 22.3 Å². The number of amides is 3. The summed E-state index contributed by atoms with van der Waals surface area (Å²) in [5, 5.41) is 5.18. The number of aromatic nitrogens is 1. The highest BCUT2D eigenvalue weighted by atomic mass is 19.4. The van der Waals surface area contributed by atoms with E-state index in [0.717, 1.165) is 46.5 Å². The van der Waals surface area contributed by atoms with Gasteiger partial charge in [-0.3, -0.25) is 14.4 Å². The number of carbonyl (C=O) groups excluding carboxylic acids is 4. The van der Waals surface area contributed by atoms with Crippen LogP contribution in [0.5, 0.6) is 0 Å². The van der Waals surface area contributed by atoms with Crippen molar-refractivity contribution in [1.29, 1.82) is 0 Å². The van der Waals surface area contributed by atoms with Gasteiger partial charge in [0.05, 0.1) is 16.8 Å². The second kappa shape index (κ2) is 11.1. The number of benzene rings is 5. The lowest BCUT2D eigenvalue weighted by molar-refractivity contribution is -0.137. The van der Waals surface area contributed by atoms with E-state index in [-0.39, 0.29) is 33.2 Å². The zero-order valence-electron chi connectivity index (χ0n) is 24.7. The predicted molar refractivity (Wildman–Crippen MR) is 171 cm³/mol. The number of para-hydroxylation sites is 1. The Labute approximate surface area is 264 Å². The van der Waals surface area contributed by atoms with E-state index < -0.39 is 42.0 Å². The fraction of sp³-hybridized carbons (Fsp3) is 0.111. The topological polar surface area (TPSA) is 97.7 Å². The summed E-state index contributed by atoms with van der Waals surface area (Å²) in [7, 11) is 0. The van der Waals surface area contributed by atoms with Gasteiger partial charge in [0, 0.05) is 50.6 Å². The number of nitrogens with zero attached hydrogens (tertiary/aromatic N) is 2. The molecule has 0 saturated heterocycles. The summed E-state index contributed by atoms with van der Waals surface area (Å²) in [5.74, 6) is -3.10. The van der Waals surface area contributed by atoms with Crippen molar-refractivity contribution in [2.24, 2.45) is 0 Å². The van der Waals surface area contributed by atoms with Crippen LogP contribution in [0.3, 0.4) is 0 Å². The molecular formula is C36H24F3N3O5. The third kappa shape index (κ3) is 4.96. The third-order valence-corrected chi connectivity index (χ3v) is 8.27. The molecule has 0 fully saturated rings. The SMILES string of the molecule is CCn1c2ccccc2c2cc(NC(=O)COC(=O)c3ccc4c5c(cccc35)C(=O)N(c3cccc(C(F)(F)F)c3)C4=O)ccc21. The van der Waals surface area contributed by atoms with Crippen molar-refractivity contribution >= 4 is 67.6 Å². The summed E-state index contributed by atoms with van der Waals surface area (Å²) in [4.78, 5) is 53.6. The Hall–Kier alpha value is -5.97. The molecule has 0 spiro atoms. The molecule has 47 heavy (non-hydrogen) atoms. The second-order valence-corrected chi connectivity index (χ2v) is 11.0. The first-order valence-corrected chi connectivity index (χ1v) is 14.7. The van der Waals surface area contributed by atoms with Gasteiger partial charge in [0.2, 0.25) is 0 Å². The number of hydrogen-bond donors (Lipinski definition) is 1. The van der Waals surface area contributed by atoms with E-state index in [0.29, 0.717) is 10.6 Å². The van der Waals surface area contributed by atoms with Crippen LogP contribution in [0.15, 0.2) is 97.1 Å². The van der Waals surface area contributed by atoms with Crippen LogP contribution in [0.2, 0.25) is 0 Å². The van der Waals surface area contributed by atoms with Crippen LogP contribution < -0.4 is 10.2 Å². The molecule has 1 aromatic heterocycles. The van der Waals surface area contributed by atoms with E-state index in [4.69, 9.17) is 4.74 Å². The molecule has 5 aromatic carbocycles. The smallest absolute Gasteiger partial charge is 0.416 e. The number of alkyl halides is 3. The van der Waals surface area contributed by atoms with Gasteiger partial charge in [0.1, 0.15) is 0 Å². The Balaban J connectivity index is 1.12. The number of hydrogen-bond acceptors (Lipinski definition) is 5. The van der Waals surface area contributed by atoms with Gasteiger partial charge in [-0.05, 0) is 73.0 Å². The summed E-state index contributed by atoms with van der Waals surface area (Å²) in [5.41, 5.74) is 1.46. The van der Waals surface area contributed by atoms with Gasteiger partial charge in [0.15, 0.2) is 6.61 Å². The maximum Gasteiger partial charge on any atom is 0.416 e. The molecule has 7 rings (SSSR count). The van der Waals surface area contributed by atoms with Crippen molar-refractivity contribution in [2.75, 3.05) is 16.8 Å². The number of anilines is 2. The lowest BCUT2D eigenvalue weighted by Gasteiger charge is -2.28. The van der Waals surface area contributed by atoms with Crippen molar-refractivity contribution < 1.29 is 37.1 Å². The number of halogens is 3. The second-order valence-electron chi connectivity index (χ2n) is 11.0. The molecule has 2 heterocycles. The maximum atomic E-state index is 13.5. The number of carbonyl (C=O) groups is 4. The van der Waals surface area contributed by atoms with Gasteiger partial charge < -0.3 is 14.6 Å². The van der Waals surface area contributed by atoms with Crippen LogP contribution >= 0.6 is 0 Å². The number of imide groups is 1. The van der Waals surface area contributed by atoms with Crippen molar-refractivity contribution in [3.8, 4) is 0 Å². The molecule has 11 heteroatoms. The molecule has 0 bridgehead atoms. The highest BCUT2D eigenvalue weighted by molar-refractivity contribution is 6.36. The summed E-state index contributed by atoms with van der Waals surface area (Å²) >= 11 is 0. The number of esters is 1. The van der Waals surface area contributed by atoms with E-state index in [1.165, 1.54) is 36.4 Å². The van der Waals surface area contributed by atoms with Gasteiger partial charge in [-0.2, -0.15) is 13.2 Å². The maximum absolute atomic E-state index is 13.5. The zero-order chi connectivity index (χ0) is 33.0. The van der Waals surface area contributed by atoms with Crippen molar-refractivity contribution in [1.82, 2.24) is 4.57 Å². The first kappa shape index (κ1) is 29.7. The van der Waals surface area contributed by atoms with Crippen molar-refractivity contribution in [3.05, 3.63) is 119 Å². The van der Waals surface area contributed by atoms with E-state index in [2.05, 4.69) is 16.8 Å². The number of fused-ring (bicyclic) bond motifs is 3. The zero-order valence-corrected chi connectivity index (χ0v) is 24.7. The average Bonchev–Trinajstić information content (AvgIpc) is 3.38. The minimum Gasteiger partial charge on any atom is -0.452 e. The first-order chi connectivity index (χ1) is 22.6. The fourth-order valence-electron chi connectivity index (χ4n) is 6.21. The first-order valence-electron chi connectivity index (χ1n) is 14.7. The number of rotatable bonds is 6. The number of nitrogens with one attached hydrogen (secondary N) is 1. The van der Waals surface area contributed by atoms with Gasteiger partial charge in [-0.25, -0.2) is 9.69 Å². The highest BCUT2D eigenvalue weighted by Crippen LogP contribution is 2.37.